The molecule has 0 unspecified atom stereocenters. The minimum atomic E-state index is -0.249. The Morgan fingerprint density at radius 2 is 1.90 bits per heavy atom. The van der Waals surface area contributed by atoms with Gasteiger partial charge in [-0.15, -0.1) is 0 Å². The summed E-state index contributed by atoms with van der Waals surface area (Å²) in [7, 11) is 0. The molecule has 0 aliphatic heterocycles. The Morgan fingerprint density at radius 3 is 2.62 bits per heavy atom. The number of halogens is 1. The number of para-hydroxylation sites is 1. The number of aromatic nitrogens is 2. The Morgan fingerprint density at radius 1 is 1.14 bits per heavy atom. The molecule has 0 radical (unpaired) electrons. The molecule has 0 fully saturated rings. The second-order valence-corrected chi connectivity index (χ2v) is 5.11. The van der Waals surface area contributed by atoms with Gasteiger partial charge in [0.25, 0.3) is 0 Å². The van der Waals surface area contributed by atoms with Crippen molar-refractivity contribution in [1.82, 2.24) is 9.78 Å². The zero-order valence-electron chi connectivity index (χ0n) is 11.9. The Labute approximate surface area is 122 Å². The number of hydrogen-bond acceptors (Lipinski definition) is 2. The minimum absolute atomic E-state index is 0.208. The summed E-state index contributed by atoms with van der Waals surface area (Å²) in [5.74, 6) is -0.0409. The third kappa shape index (κ3) is 2.49. The van der Waals surface area contributed by atoms with E-state index in [1.165, 1.54) is 6.07 Å². The van der Waals surface area contributed by atoms with Crippen molar-refractivity contribution in [1.29, 1.82) is 0 Å². The molecule has 2 aromatic carbocycles. The van der Waals surface area contributed by atoms with Crippen LogP contribution in [0.2, 0.25) is 0 Å². The van der Waals surface area contributed by atoms with Crippen LogP contribution < -0.4 is 0 Å². The quantitative estimate of drug-likeness (QED) is 0.773. The van der Waals surface area contributed by atoms with Crippen LogP contribution >= 0.6 is 0 Å². The second kappa shape index (κ2) is 5.56. The van der Waals surface area contributed by atoms with Gasteiger partial charge in [0.15, 0.2) is 0 Å². The number of nitrogens with zero attached hydrogens (tertiary/aromatic N) is 2. The van der Waals surface area contributed by atoms with E-state index in [1.54, 1.807) is 35.0 Å². The first-order valence-electron chi connectivity index (χ1n) is 7.15. The van der Waals surface area contributed by atoms with Crippen molar-refractivity contribution in [2.24, 2.45) is 0 Å². The highest BCUT2D eigenvalue weighted by Crippen LogP contribution is 2.30. The first-order valence-corrected chi connectivity index (χ1v) is 7.15. The normalized spacial score (nSPS) is 11.1. The summed E-state index contributed by atoms with van der Waals surface area (Å²) in [4.78, 5) is 0. The number of phenolic OH excluding ortho intramolecular Hbond substituents is 1. The van der Waals surface area contributed by atoms with Crippen molar-refractivity contribution in [2.75, 3.05) is 0 Å². The van der Waals surface area contributed by atoms with E-state index >= 15 is 0 Å². The molecule has 0 amide bonds. The Hall–Kier alpha value is -2.36. The lowest BCUT2D eigenvalue weighted by molar-refractivity contribution is 0.475. The molecule has 1 heterocycles. The molecule has 0 aliphatic carbocycles. The van der Waals surface area contributed by atoms with Crippen molar-refractivity contribution in [3.63, 3.8) is 0 Å². The number of phenols is 1. The molecule has 0 saturated carbocycles. The summed E-state index contributed by atoms with van der Waals surface area (Å²) in [5, 5.41) is 14.8. The SMILES string of the molecule is CCCCn1nc(-c2ccc(O)cc2)c2cccc(F)c21. The maximum Gasteiger partial charge on any atom is 0.149 e. The van der Waals surface area contributed by atoms with E-state index < -0.39 is 0 Å². The summed E-state index contributed by atoms with van der Waals surface area (Å²) in [6.45, 7) is 2.80. The van der Waals surface area contributed by atoms with E-state index in [1.807, 2.05) is 6.07 Å². The molecule has 0 saturated heterocycles. The number of unbranched alkanes of at least 4 members (excludes halogenated alkanes) is 1. The van der Waals surface area contributed by atoms with Gasteiger partial charge in [0.2, 0.25) is 0 Å². The molecule has 0 bridgehead atoms. The smallest absolute Gasteiger partial charge is 0.149 e. The largest absolute Gasteiger partial charge is 0.508 e. The fraction of sp³-hybridized carbons (Fsp3) is 0.235. The predicted octanol–water partition coefficient (Wildman–Crippen LogP) is 4.35. The molecule has 108 valence electrons. The van der Waals surface area contributed by atoms with Crippen LogP contribution in [0.15, 0.2) is 42.5 Å². The highest BCUT2D eigenvalue weighted by Gasteiger charge is 2.15. The average molecular weight is 284 g/mol. The number of aryl methyl sites for hydroxylation is 1. The van der Waals surface area contributed by atoms with Crippen LogP contribution in [-0.2, 0) is 6.54 Å². The van der Waals surface area contributed by atoms with Crippen LogP contribution in [-0.4, -0.2) is 14.9 Å². The van der Waals surface area contributed by atoms with Gasteiger partial charge in [-0.1, -0.05) is 25.5 Å². The molecule has 21 heavy (non-hydrogen) atoms. The van der Waals surface area contributed by atoms with E-state index in [2.05, 4.69) is 12.0 Å². The molecular formula is C17H17FN2O. The third-order valence-electron chi connectivity index (χ3n) is 3.58. The number of hydrogen-bond donors (Lipinski definition) is 1. The van der Waals surface area contributed by atoms with Gasteiger partial charge in [0.05, 0.1) is 0 Å². The minimum Gasteiger partial charge on any atom is -0.508 e. The second-order valence-electron chi connectivity index (χ2n) is 5.11. The fourth-order valence-electron chi connectivity index (χ4n) is 2.50. The van der Waals surface area contributed by atoms with Gasteiger partial charge in [0.1, 0.15) is 22.8 Å². The van der Waals surface area contributed by atoms with Crippen LogP contribution in [0.1, 0.15) is 19.8 Å². The fourth-order valence-corrected chi connectivity index (χ4v) is 2.50. The molecule has 0 spiro atoms. The first kappa shape index (κ1) is 13.6. The highest BCUT2D eigenvalue weighted by molar-refractivity contribution is 5.93. The van der Waals surface area contributed by atoms with Crippen molar-refractivity contribution < 1.29 is 9.50 Å². The van der Waals surface area contributed by atoms with E-state index in [4.69, 9.17) is 0 Å². The van der Waals surface area contributed by atoms with Crippen LogP contribution in [0.4, 0.5) is 4.39 Å². The standard InChI is InChI=1S/C17H17FN2O/c1-2-3-11-20-17-14(5-4-6-15(17)18)16(19-20)12-7-9-13(21)10-8-12/h4-10,21H,2-3,11H2,1H3. The van der Waals surface area contributed by atoms with Gasteiger partial charge < -0.3 is 5.11 Å². The maximum atomic E-state index is 14.2. The molecule has 3 aromatic rings. The van der Waals surface area contributed by atoms with Gasteiger partial charge in [-0.05, 0) is 36.8 Å². The number of fused-ring (bicyclic) bond motifs is 1. The summed E-state index contributed by atoms with van der Waals surface area (Å²) >= 11 is 0. The Bertz CT molecular complexity index is 762. The highest BCUT2D eigenvalue weighted by atomic mass is 19.1. The van der Waals surface area contributed by atoms with Crippen molar-refractivity contribution >= 4 is 10.9 Å². The molecule has 4 heteroatoms. The van der Waals surface area contributed by atoms with Crippen LogP contribution in [0, 0.1) is 5.82 Å². The summed E-state index contributed by atoms with van der Waals surface area (Å²) in [6, 6.07) is 11.9. The van der Waals surface area contributed by atoms with E-state index in [0.717, 1.165) is 29.5 Å². The lowest BCUT2D eigenvalue weighted by Crippen LogP contribution is -2.01. The van der Waals surface area contributed by atoms with Crippen LogP contribution in [0.25, 0.3) is 22.2 Å². The van der Waals surface area contributed by atoms with E-state index in [0.29, 0.717) is 12.1 Å². The lowest BCUT2D eigenvalue weighted by Gasteiger charge is -2.02. The number of rotatable bonds is 4. The van der Waals surface area contributed by atoms with E-state index in [-0.39, 0.29) is 11.6 Å². The molecule has 3 nitrogen and oxygen atoms in total. The zero-order valence-corrected chi connectivity index (χ0v) is 11.9. The number of benzene rings is 2. The topological polar surface area (TPSA) is 38.0 Å². The Kier molecular flexibility index (Phi) is 3.60. The van der Waals surface area contributed by atoms with Gasteiger partial charge in [-0.3, -0.25) is 4.68 Å². The third-order valence-corrected chi connectivity index (χ3v) is 3.58. The zero-order chi connectivity index (χ0) is 14.8. The first-order chi connectivity index (χ1) is 10.2. The van der Waals surface area contributed by atoms with Gasteiger partial charge >= 0.3 is 0 Å². The van der Waals surface area contributed by atoms with E-state index in [9.17, 15) is 9.50 Å². The average Bonchev–Trinajstić information content (AvgIpc) is 2.86. The number of aromatic hydroxyl groups is 1. The van der Waals surface area contributed by atoms with Crippen LogP contribution in [0.5, 0.6) is 5.75 Å². The molecule has 1 aromatic heterocycles. The molecule has 0 atom stereocenters. The van der Waals surface area contributed by atoms with Crippen LogP contribution in [0.3, 0.4) is 0 Å². The van der Waals surface area contributed by atoms with Gasteiger partial charge in [-0.25, -0.2) is 4.39 Å². The molecular weight excluding hydrogens is 267 g/mol. The predicted molar refractivity (Wildman–Crippen MR) is 81.7 cm³/mol. The van der Waals surface area contributed by atoms with Crippen molar-refractivity contribution in [3.05, 3.63) is 48.3 Å². The summed E-state index contributed by atoms with van der Waals surface area (Å²) < 4.78 is 15.9. The molecule has 0 aliphatic rings. The van der Waals surface area contributed by atoms with Gasteiger partial charge in [0, 0.05) is 17.5 Å². The lowest BCUT2D eigenvalue weighted by atomic mass is 10.1. The summed E-state index contributed by atoms with van der Waals surface area (Å²) in [6.07, 6.45) is 1.99. The molecule has 3 rings (SSSR count). The van der Waals surface area contributed by atoms with Crippen molar-refractivity contribution in [3.8, 4) is 17.0 Å². The maximum absolute atomic E-state index is 14.2. The van der Waals surface area contributed by atoms with Gasteiger partial charge in [-0.2, -0.15) is 5.10 Å². The van der Waals surface area contributed by atoms with Crippen molar-refractivity contribution in [2.45, 2.75) is 26.3 Å². The Balaban J connectivity index is 2.18. The molecule has 1 N–H and O–H groups in total. The monoisotopic (exact) mass is 284 g/mol. The summed E-state index contributed by atoms with van der Waals surface area (Å²) in [5.41, 5.74) is 2.17.